The van der Waals surface area contributed by atoms with Crippen molar-refractivity contribution in [2.75, 3.05) is 24.4 Å². The number of amides is 1. The molecule has 0 saturated carbocycles. The van der Waals surface area contributed by atoms with E-state index in [0.29, 0.717) is 18.0 Å². The Hall–Kier alpha value is -4.40. The first-order valence-electron chi connectivity index (χ1n) is 9.63. The Labute approximate surface area is 184 Å². The maximum Gasteiger partial charge on any atom is 0.338 e. The average Bonchev–Trinajstić information content (AvgIpc) is 2.82. The minimum Gasteiger partial charge on any atom is -0.497 e. The Morgan fingerprint density at radius 2 is 1.72 bits per heavy atom. The lowest BCUT2D eigenvalue weighted by Gasteiger charge is -2.10. The summed E-state index contributed by atoms with van der Waals surface area (Å²) in [4.78, 5) is 35.2. The second-order valence-electron chi connectivity index (χ2n) is 6.68. The van der Waals surface area contributed by atoms with Crippen molar-refractivity contribution in [2.45, 2.75) is 6.54 Å². The number of carbonyl (C=O) groups excluding carboxylic acids is 2. The zero-order valence-corrected chi connectivity index (χ0v) is 17.2. The van der Waals surface area contributed by atoms with E-state index in [4.69, 9.17) is 9.47 Å². The van der Waals surface area contributed by atoms with E-state index in [9.17, 15) is 19.7 Å². The van der Waals surface area contributed by atoms with Gasteiger partial charge in [-0.3, -0.25) is 14.9 Å². The van der Waals surface area contributed by atoms with Crippen LogP contribution in [0.3, 0.4) is 0 Å². The molecule has 3 rings (SSSR count). The van der Waals surface area contributed by atoms with E-state index in [1.807, 2.05) is 30.3 Å². The molecule has 0 fully saturated rings. The molecule has 0 aliphatic heterocycles. The van der Waals surface area contributed by atoms with Crippen molar-refractivity contribution in [3.05, 3.63) is 94.0 Å². The fraction of sp³-hybridized carbons (Fsp3) is 0.130. The molecule has 3 aromatic rings. The lowest BCUT2D eigenvalue weighted by Crippen LogP contribution is -2.21. The van der Waals surface area contributed by atoms with Crippen molar-refractivity contribution >= 4 is 28.9 Å². The first-order chi connectivity index (χ1) is 15.5. The molecule has 0 saturated heterocycles. The van der Waals surface area contributed by atoms with E-state index < -0.39 is 23.4 Å². The van der Waals surface area contributed by atoms with Crippen LogP contribution in [0.2, 0.25) is 0 Å². The Bertz CT molecular complexity index is 1100. The smallest absolute Gasteiger partial charge is 0.338 e. The van der Waals surface area contributed by atoms with Gasteiger partial charge in [-0.05, 0) is 42.0 Å². The molecule has 9 nitrogen and oxygen atoms in total. The van der Waals surface area contributed by atoms with Gasteiger partial charge in [0.1, 0.15) is 11.4 Å². The molecule has 0 bridgehead atoms. The van der Waals surface area contributed by atoms with Gasteiger partial charge >= 0.3 is 5.97 Å². The van der Waals surface area contributed by atoms with Crippen LogP contribution in [0.25, 0.3) is 0 Å². The third-order valence-corrected chi connectivity index (χ3v) is 4.46. The molecule has 1 amide bonds. The molecular weight excluding hydrogens is 414 g/mol. The number of ether oxygens (including phenoxy) is 2. The summed E-state index contributed by atoms with van der Waals surface area (Å²) in [6.45, 7) is -0.149. The summed E-state index contributed by atoms with van der Waals surface area (Å²) in [5.41, 5.74) is 1.44. The number of esters is 1. The number of hydrogen-bond acceptors (Lipinski definition) is 7. The summed E-state index contributed by atoms with van der Waals surface area (Å²) < 4.78 is 10.0. The number of carbonyl (C=O) groups is 2. The molecule has 0 radical (unpaired) electrons. The Morgan fingerprint density at radius 3 is 2.38 bits per heavy atom. The second kappa shape index (κ2) is 10.6. The van der Waals surface area contributed by atoms with Crippen LogP contribution in [0.15, 0.2) is 72.8 Å². The summed E-state index contributed by atoms with van der Waals surface area (Å²) >= 11 is 0. The van der Waals surface area contributed by atoms with Crippen LogP contribution in [0.1, 0.15) is 15.9 Å². The Kier molecular flexibility index (Phi) is 7.37. The van der Waals surface area contributed by atoms with Crippen LogP contribution in [-0.4, -0.2) is 30.5 Å². The topological polar surface area (TPSA) is 120 Å². The number of nitro groups is 1. The number of anilines is 2. The van der Waals surface area contributed by atoms with Crippen LogP contribution < -0.4 is 15.4 Å². The largest absolute Gasteiger partial charge is 0.497 e. The van der Waals surface area contributed by atoms with E-state index in [0.717, 1.165) is 11.6 Å². The van der Waals surface area contributed by atoms with Gasteiger partial charge in [0.05, 0.1) is 17.6 Å². The first-order valence-corrected chi connectivity index (χ1v) is 9.63. The molecule has 2 N–H and O–H groups in total. The van der Waals surface area contributed by atoms with Gasteiger partial charge in [0.15, 0.2) is 6.61 Å². The molecule has 0 unspecified atom stereocenters. The highest BCUT2D eigenvalue weighted by molar-refractivity contribution is 5.96. The molecule has 164 valence electrons. The fourth-order valence-electron chi connectivity index (χ4n) is 2.84. The fourth-order valence-corrected chi connectivity index (χ4v) is 2.84. The van der Waals surface area contributed by atoms with Gasteiger partial charge in [-0.15, -0.1) is 0 Å². The molecule has 0 heterocycles. The summed E-state index contributed by atoms with van der Waals surface area (Å²) in [7, 11) is 1.53. The molecule has 0 aromatic heterocycles. The molecule has 0 atom stereocenters. The van der Waals surface area contributed by atoms with Crippen LogP contribution in [-0.2, 0) is 16.1 Å². The quantitative estimate of drug-likeness (QED) is 0.296. The zero-order chi connectivity index (χ0) is 22.9. The average molecular weight is 435 g/mol. The third-order valence-electron chi connectivity index (χ3n) is 4.46. The van der Waals surface area contributed by atoms with Crippen molar-refractivity contribution in [2.24, 2.45) is 0 Å². The minimum atomic E-state index is -0.840. The van der Waals surface area contributed by atoms with Gasteiger partial charge in [0, 0.05) is 18.3 Å². The van der Waals surface area contributed by atoms with Gasteiger partial charge in [0.2, 0.25) is 0 Å². The predicted molar refractivity (Wildman–Crippen MR) is 119 cm³/mol. The van der Waals surface area contributed by atoms with Crippen molar-refractivity contribution in [1.29, 1.82) is 0 Å². The number of nitro benzene ring substituents is 1. The molecule has 32 heavy (non-hydrogen) atoms. The van der Waals surface area contributed by atoms with Crippen LogP contribution in [0.4, 0.5) is 17.1 Å². The maximum atomic E-state index is 12.3. The Balaban J connectivity index is 1.59. The molecule has 9 heteroatoms. The van der Waals surface area contributed by atoms with Crippen LogP contribution in [0, 0.1) is 10.1 Å². The van der Waals surface area contributed by atoms with Crippen molar-refractivity contribution in [1.82, 2.24) is 0 Å². The van der Waals surface area contributed by atoms with Gasteiger partial charge in [0.25, 0.3) is 11.6 Å². The van der Waals surface area contributed by atoms with E-state index >= 15 is 0 Å². The summed E-state index contributed by atoms with van der Waals surface area (Å²) in [6, 6.07) is 20.0. The highest BCUT2D eigenvalue weighted by Gasteiger charge is 2.19. The molecule has 0 aliphatic carbocycles. The van der Waals surface area contributed by atoms with E-state index in [1.165, 1.54) is 19.2 Å². The molecule has 3 aromatic carbocycles. The maximum absolute atomic E-state index is 12.3. The summed E-state index contributed by atoms with van der Waals surface area (Å²) in [5.74, 6) is -0.746. The van der Waals surface area contributed by atoms with Crippen LogP contribution in [0.5, 0.6) is 5.75 Å². The second-order valence-corrected chi connectivity index (χ2v) is 6.68. The Morgan fingerprint density at radius 1 is 1.00 bits per heavy atom. The molecule has 0 aliphatic rings. The van der Waals surface area contributed by atoms with E-state index in [1.54, 1.807) is 24.3 Å². The van der Waals surface area contributed by atoms with Gasteiger partial charge < -0.3 is 20.1 Å². The van der Waals surface area contributed by atoms with Crippen LogP contribution >= 0.6 is 0 Å². The first kappa shape index (κ1) is 22.3. The third kappa shape index (κ3) is 6.05. The summed E-state index contributed by atoms with van der Waals surface area (Å²) in [5, 5.41) is 17.0. The number of methoxy groups -OCH3 is 1. The highest BCUT2D eigenvalue weighted by Crippen LogP contribution is 2.26. The van der Waals surface area contributed by atoms with Crippen molar-refractivity contribution < 1.29 is 24.0 Å². The van der Waals surface area contributed by atoms with Crippen molar-refractivity contribution in [3.63, 3.8) is 0 Å². The lowest BCUT2D eigenvalue weighted by molar-refractivity contribution is -0.384. The number of rotatable bonds is 9. The number of hydrogen-bond donors (Lipinski definition) is 2. The van der Waals surface area contributed by atoms with E-state index in [-0.39, 0.29) is 16.9 Å². The monoisotopic (exact) mass is 435 g/mol. The number of benzene rings is 3. The standard InChI is InChI=1S/C23H21N3O6/c1-31-19-10-8-18(9-11-19)25-22(27)15-32-23(28)17-7-12-20(21(13-17)26(29)30)24-14-16-5-3-2-4-6-16/h2-13,24H,14-15H2,1H3,(H,25,27). The van der Waals surface area contributed by atoms with Gasteiger partial charge in [-0.25, -0.2) is 4.79 Å². The highest BCUT2D eigenvalue weighted by atomic mass is 16.6. The van der Waals surface area contributed by atoms with Crippen molar-refractivity contribution in [3.8, 4) is 5.75 Å². The van der Waals surface area contributed by atoms with Gasteiger partial charge in [-0.1, -0.05) is 30.3 Å². The zero-order valence-electron chi connectivity index (χ0n) is 17.2. The number of nitrogens with one attached hydrogen (secondary N) is 2. The number of nitrogens with zero attached hydrogens (tertiary/aromatic N) is 1. The predicted octanol–water partition coefficient (Wildman–Crippen LogP) is 4.01. The summed E-state index contributed by atoms with van der Waals surface area (Å²) in [6.07, 6.45) is 0. The lowest BCUT2D eigenvalue weighted by atomic mass is 10.1. The van der Waals surface area contributed by atoms with Gasteiger partial charge in [-0.2, -0.15) is 0 Å². The molecule has 0 spiro atoms. The normalized spacial score (nSPS) is 10.2. The SMILES string of the molecule is COc1ccc(NC(=O)COC(=O)c2ccc(NCc3ccccc3)c([N+](=O)[O-])c2)cc1. The minimum absolute atomic E-state index is 0.0285. The van der Waals surface area contributed by atoms with E-state index in [2.05, 4.69) is 10.6 Å². The molecular formula is C23H21N3O6.